The second kappa shape index (κ2) is 2.75. The van der Waals surface area contributed by atoms with Crippen molar-refractivity contribution in [3.8, 4) is 0 Å². The molecule has 1 aliphatic carbocycles. The molecule has 0 heterocycles. The standard InChI is InChI=1S/C9H16O/c1-6(2)8-5-4-7(3)9(8)10/h7-10H,1,4-5H2,2-3H3/t7-,8+,9-/m1/s1. The summed E-state index contributed by atoms with van der Waals surface area (Å²) in [5.41, 5.74) is 1.14. The van der Waals surface area contributed by atoms with Crippen molar-refractivity contribution in [3.05, 3.63) is 12.2 Å². The Hall–Kier alpha value is -0.300. The van der Waals surface area contributed by atoms with Gasteiger partial charge in [-0.2, -0.15) is 0 Å². The lowest BCUT2D eigenvalue weighted by atomic mass is 9.96. The molecule has 0 radical (unpaired) electrons. The number of hydrogen-bond donors (Lipinski definition) is 1. The maximum absolute atomic E-state index is 9.57. The van der Waals surface area contributed by atoms with Gasteiger partial charge in [0, 0.05) is 5.92 Å². The van der Waals surface area contributed by atoms with Crippen molar-refractivity contribution < 1.29 is 5.11 Å². The van der Waals surface area contributed by atoms with Crippen LogP contribution in [0.15, 0.2) is 12.2 Å². The third-order valence-corrected chi connectivity index (χ3v) is 2.56. The molecule has 0 unspecified atom stereocenters. The quantitative estimate of drug-likeness (QED) is 0.552. The van der Waals surface area contributed by atoms with E-state index < -0.39 is 0 Å². The van der Waals surface area contributed by atoms with Gasteiger partial charge in [-0.25, -0.2) is 0 Å². The summed E-state index contributed by atoms with van der Waals surface area (Å²) in [5, 5.41) is 9.57. The van der Waals surface area contributed by atoms with Crippen LogP contribution in [-0.4, -0.2) is 11.2 Å². The molecule has 1 N–H and O–H groups in total. The van der Waals surface area contributed by atoms with Crippen molar-refractivity contribution in [1.29, 1.82) is 0 Å². The zero-order chi connectivity index (χ0) is 7.72. The molecule has 3 atom stereocenters. The Labute approximate surface area is 62.8 Å². The summed E-state index contributed by atoms with van der Waals surface area (Å²) in [4.78, 5) is 0. The Bertz CT molecular complexity index is 140. The van der Waals surface area contributed by atoms with E-state index in [9.17, 15) is 5.11 Å². The molecular formula is C9H16O. The minimum Gasteiger partial charge on any atom is -0.392 e. The van der Waals surface area contributed by atoms with E-state index in [0.717, 1.165) is 18.4 Å². The van der Waals surface area contributed by atoms with Crippen LogP contribution in [0.5, 0.6) is 0 Å². The average Bonchev–Trinajstić information content (AvgIpc) is 2.14. The fraction of sp³-hybridized carbons (Fsp3) is 0.778. The first-order valence-corrected chi connectivity index (χ1v) is 3.96. The van der Waals surface area contributed by atoms with E-state index in [4.69, 9.17) is 0 Å². The van der Waals surface area contributed by atoms with Gasteiger partial charge in [0.05, 0.1) is 6.10 Å². The highest BCUT2D eigenvalue weighted by Crippen LogP contribution is 2.34. The first kappa shape index (κ1) is 7.80. The Kier molecular flexibility index (Phi) is 2.14. The zero-order valence-electron chi connectivity index (χ0n) is 6.80. The average molecular weight is 140 g/mol. The predicted octanol–water partition coefficient (Wildman–Crippen LogP) is 1.97. The normalized spacial score (nSPS) is 40.1. The second-order valence-corrected chi connectivity index (χ2v) is 3.50. The van der Waals surface area contributed by atoms with Crippen molar-refractivity contribution in [1.82, 2.24) is 0 Å². The topological polar surface area (TPSA) is 20.2 Å². The second-order valence-electron chi connectivity index (χ2n) is 3.50. The largest absolute Gasteiger partial charge is 0.392 e. The van der Waals surface area contributed by atoms with E-state index in [0.29, 0.717) is 11.8 Å². The molecule has 0 saturated heterocycles. The van der Waals surface area contributed by atoms with Gasteiger partial charge in [-0.3, -0.25) is 0 Å². The Morgan fingerprint density at radius 1 is 1.50 bits per heavy atom. The molecular weight excluding hydrogens is 124 g/mol. The van der Waals surface area contributed by atoms with Crippen LogP contribution in [0.1, 0.15) is 26.7 Å². The summed E-state index contributed by atoms with van der Waals surface area (Å²) < 4.78 is 0. The van der Waals surface area contributed by atoms with Crippen LogP contribution in [0.25, 0.3) is 0 Å². The van der Waals surface area contributed by atoms with Crippen LogP contribution in [0.2, 0.25) is 0 Å². The number of rotatable bonds is 1. The molecule has 1 fully saturated rings. The van der Waals surface area contributed by atoms with Gasteiger partial charge in [-0.1, -0.05) is 19.1 Å². The van der Waals surface area contributed by atoms with E-state index in [1.807, 2.05) is 6.92 Å². The van der Waals surface area contributed by atoms with E-state index in [1.165, 1.54) is 0 Å². The van der Waals surface area contributed by atoms with Crippen molar-refractivity contribution in [2.24, 2.45) is 11.8 Å². The molecule has 1 nitrogen and oxygen atoms in total. The Morgan fingerprint density at radius 3 is 2.30 bits per heavy atom. The van der Waals surface area contributed by atoms with Gasteiger partial charge in [-0.15, -0.1) is 0 Å². The van der Waals surface area contributed by atoms with Crippen LogP contribution in [-0.2, 0) is 0 Å². The lowest BCUT2D eigenvalue weighted by Gasteiger charge is -2.16. The van der Waals surface area contributed by atoms with Crippen LogP contribution in [0.3, 0.4) is 0 Å². The highest BCUT2D eigenvalue weighted by atomic mass is 16.3. The molecule has 0 spiro atoms. The lowest BCUT2D eigenvalue weighted by Crippen LogP contribution is -2.19. The number of aliphatic hydroxyl groups excluding tert-OH is 1. The van der Waals surface area contributed by atoms with Crippen molar-refractivity contribution in [3.63, 3.8) is 0 Å². The summed E-state index contributed by atoms with van der Waals surface area (Å²) in [5.74, 6) is 0.844. The predicted molar refractivity (Wildman–Crippen MR) is 42.7 cm³/mol. The summed E-state index contributed by atoms with van der Waals surface area (Å²) in [6.45, 7) is 7.97. The maximum atomic E-state index is 9.57. The molecule has 0 amide bonds. The zero-order valence-corrected chi connectivity index (χ0v) is 6.80. The number of hydrogen-bond acceptors (Lipinski definition) is 1. The first-order chi connectivity index (χ1) is 4.63. The Morgan fingerprint density at radius 2 is 2.10 bits per heavy atom. The highest BCUT2D eigenvalue weighted by molar-refractivity contribution is 5.03. The Balaban J connectivity index is 2.57. The van der Waals surface area contributed by atoms with Crippen molar-refractivity contribution in [2.75, 3.05) is 0 Å². The molecule has 1 heteroatoms. The van der Waals surface area contributed by atoms with Gasteiger partial charge in [-0.05, 0) is 25.7 Å². The minimum absolute atomic E-state index is 0.127. The summed E-state index contributed by atoms with van der Waals surface area (Å²) >= 11 is 0. The van der Waals surface area contributed by atoms with Gasteiger partial charge in [0.1, 0.15) is 0 Å². The van der Waals surface area contributed by atoms with Crippen LogP contribution < -0.4 is 0 Å². The maximum Gasteiger partial charge on any atom is 0.0630 e. The van der Waals surface area contributed by atoms with Crippen LogP contribution in [0, 0.1) is 11.8 Å². The summed E-state index contributed by atoms with van der Waals surface area (Å²) in [7, 11) is 0. The van der Waals surface area contributed by atoms with Crippen LogP contribution in [0.4, 0.5) is 0 Å². The molecule has 0 bridgehead atoms. The van der Waals surface area contributed by atoms with Gasteiger partial charge >= 0.3 is 0 Å². The van der Waals surface area contributed by atoms with Gasteiger partial charge in [0.2, 0.25) is 0 Å². The van der Waals surface area contributed by atoms with E-state index in [-0.39, 0.29) is 6.10 Å². The smallest absolute Gasteiger partial charge is 0.0630 e. The third kappa shape index (κ3) is 1.24. The van der Waals surface area contributed by atoms with Gasteiger partial charge < -0.3 is 5.11 Å². The molecule has 1 rings (SSSR count). The summed E-state index contributed by atoms with van der Waals surface area (Å²) in [6, 6.07) is 0. The molecule has 1 aliphatic rings. The van der Waals surface area contributed by atoms with Crippen molar-refractivity contribution in [2.45, 2.75) is 32.8 Å². The molecule has 0 aromatic rings. The van der Waals surface area contributed by atoms with Gasteiger partial charge in [0.15, 0.2) is 0 Å². The first-order valence-electron chi connectivity index (χ1n) is 3.96. The molecule has 58 valence electrons. The molecule has 1 saturated carbocycles. The van der Waals surface area contributed by atoms with E-state index >= 15 is 0 Å². The molecule has 0 aliphatic heterocycles. The third-order valence-electron chi connectivity index (χ3n) is 2.56. The molecule has 10 heavy (non-hydrogen) atoms. The summed E-state index contributed by atoms with van der Waals surface area (Å²) in [6.07, 6.45) is 2.15. The monoisotopic (exact) mass is 140 g/mol. The van der Waals surface area contributed by atoms with E-state index in [1.54, 1.807) is 0 Å². The van der Waals surface area contributed by atoms with E-state index in [2.05, 4.69) is 13.5 Å². The van der Waals surface area contributed by atoms with Crippen molar-refractivity contribution >= 4 is 0 Å². The highest BCUT2D eigenvalue weighted by Gasteiger charge is 2.31. The van der Waals surface area contributed by atoms with Gasteiger partial charge in [0.25, 0.3) is 0 Å². The SMILES string of the molecule is C=C(C)[C@@H]1CC[C@@H](C)[C@H]1O. The van der Waals surface area contributed by atoms with Crippen LogP contribution >= 0.6 is 0 Å². The fourth-order valence-corrected chi connectivity index (χ4v) is 1.72. The minimum atomic E-state index is -0.127. The number of aliphatic hydroxyl groups is 1. The lowest BCUT2D eigenvalue weighted by molar-refractivity contribution is 0.111. The molecule has 0 aromatic carbocycles. The molecule has 0 aromatic heterocycles. The fourth-order valence-electron chi connectivity index (χ4n) is 1.72.